The van der Waals surface area contributed by atoms with Crippen LogP contribution in [0.25, 0.3) is 0 Å². The van der Waals surface area contributed by atoms with Crippen LogP contribution in [0.5, 0.6) is 0 Å². The molecule has 2 rings (SSSR count). The molecule has 3 atom stereocenters. The van der Waals surface area contributed by atoms with Crippen molar-refractivity contribution in [1.29, 1.82) is 5.26 Å². The van der Waals surface area contributed by atoms with Gasteiger partial charge in [-0.15, -0.1) is 0 Å². The molecule has 3 heteroatoms. The topological polar surface area (TPSA) is 44.1 Å². The van der Waals surface area contributed by atoms with E-state index in [9.17, 15) is 4.79 Å². The number of rotatable bonds is 4. The third-order valence-electron chi connectivity index (χ3n) is 4.04. The van der Waals surface area contributed by atoms with E-state index in [2.05, 4.69) is 19.9 Å². The van der Waals surface area contributed by atoms with E-state index in [0.717, 1.165) is 18.5 Å². The summed E-state index contributed by atoms with van der Waals surface area (Å²) in [4.78, 5) is 14.3. The first-order valence-corrected chi connectivity index (χ1v) is 6.89. The number of carbonyl (C=O) groups is 1. The molecule has 1 fully saturated rings. The standard InChI is InChI=1S/C16H20N2O/c1-4-18(16(19)15-9-11(15)2)12(3)14-7-5-13(10-17)6-8-14/h5-8,11-12,15H,4,9H2,1-3H3. The Hall–Kier alpha value is -1.82. The van der Waals surface area contributed by atoms with Crippen molar-refractivity contribution < 1.29 is 4.79 Å². The van der Waals surface area contributed by atoms with Crippen molar-refractivity contribution >= 4 is 5.91 Å². The van der Waals surface area contributed by atoms with Gasteiger partial charge < -0.3 is 4.90 Å². The number of benzene rings is 1. The van der Waals surface area contributed by atoms with Gasteiger partial charge in [-0.3, -0.25) is 4.79 Å². The molecular formula is C16H20N2O. The Kier molecular flexibility index (Phi) is 3.90. The van der Waals surface area contributed by atoms with Crippen LogP contribution in [0.4, 0.5) is 0 Å². The summed E-state index contributed by atoms with van der Waals surface area (Å²) >= 11 is 0. The molecule has 0 spiro atoms. The van der Waals surface area contributed by atoms with Gasteiger partial charge in [-0.2, -0.15) is 5.26 Å². The van der Waals surface area contributed by atoms with Gasteiger partial charge in [0.05, 0.1) is 17.7 Å². The van der Waals surface area contributed by atoms with E-state index in [0.29, 0.717) is 11.5 Å². The molecule has 0 saturated heterocycles. The molecule has 1 aromatic rings. The van der Waals surface area contributed by atoms with Crippen molar-refractivity contribution in [2.75, 3.05) is 6.54 Å². The lowest BCUT2D eigenvalue weighted by Crippen LogP contribution is -2.34. The molecule has 0 N–H and O–H groups in total. The third kappa shape index (κ3) is 2.78. The first-order chi connectivity index (χ1) is 9.08. The number of nitrogens with zero attached hydrogens (tertiary/aromatic N) is 2. The summed E-state index contributed by atoms with van der Waals surface area (Å²) in [5.74, 6) is 1.03. The summed E-state index contributed by atoms with van der Waals surface area (Å²) in [5.41, 5.74) is 1.74. The maximum atomic E-state index is 12.4. The minimum atomic E-state index is 0.0676. The van der Waals surface area contributed by atoms with E-state index in [1.165, 1.54) is 0 Å². The van der Waals surface area contributed by atoms with Crippen LogP contribution in [0.15, 0.2) is 24.3 Å². The van der Waals surface area contributed by atoms with E-state index in [-0.39, 0.29) is 17.9 Å². The highest BCUT2D eigenvalue weighted by atomic mass is 16.2. The van der Waals surface area contributed by atoms with Gasteiger partial charge in [0.15, 0.2) is 0 Å². The summed E-state index contributed by atoms with van der Waals surface area (Å²) in [6, 6.07) is 9.68. The molecule has 1 aliphatic rings. The molecule has 0 aliphatic heterocycles. The molecule has 0 heterocycles. The summed E-state index contributed by atoms with van der Waals surface area (Å²) in [7, 11) is 0. The smallest absolute Gasteiger partial charge is 0.226 e. The van der Waals surface area contributed by atoms with Crippen molar-refractivity contribution in [3.05, 3.63) is 35.4 Å². The first kappa shape index (κ1) is 13.6. The van der Waals surface area contributed by atoms with E-state index in [4.69, 9.17) is 5.26 Å². The zero-order valence-corrected chi connectivity index (χ0v) is 11.8. The van der Waals surface area contributed by atoms with Crippen LogP contribution in [-0.2, 0) is 4.79 Å². The number of nitriles is 1. The SMILES string of the molecule is CCN(C(=O)C1CC1C)C(C)c1ccc(C#N)cc1. The van der Waals surface area contributed by atoms with Gasteiger partial charge in [0, 0.05) is 12.5 Å². The maximum absolute atomic E-state index is 12.4. The van der Waals surface area contributed by atoms with Crippen LogP contribution in [-0.4, -0.2) is 17.4 Å². The quantitative estimate of drug-likeness (QED) is 0.830. The molecule has 0 radical (unpaired) electrons. The molecule has 3 unspecified atom stereocenters. The lowest BCUT2D eigenvalue weighted by molar-refractivity contribution is -0.134. The minimum absolute atomic E-state index is 0.0676. The second-order valence-electron chi connectivity index (χ2n) is 5.35. The second-order valence-corrected chi connectivity index (χ2v) is 5.35. The number of hydrogen-bond donors (Lipinski definition) is 0. The maximum Gasteiger partial charge on any atom is 0.226 e. The monoisotopic (exact) mass is 256 g/mol. The Bertz CT molecular complexity index is 500. The van der Waals surface area contributed by atoms with Crippen LogP contribution in [0.3, 0.4) is 0 Å². The minimum Gasteiger partial charge on any atom is -0.336 e. The van der Waals surface area contributed by atoms with Crippen molar-refractivity contribution in [3.8, 4) is 6.07 Å². The third-order valence-corrected chi connectivity index (χ3v) is 4.04. The van der Waals surface area contributed by atoms with Gasteiger partial charge in [-0.25, -0.2) is 0 Å². The fourth-order valence-corrected chi connectivity index (χ4v) is 2.52. The molecular weight excluding hydrogens is 236 g/mol. The Labute approximate surface area is 114 Å². The molecule has 0 aromatic heterocycles. The lowest BCUT2D eigenvalue weighted by atomic mass is 10.0. The fourth-order valence-electron chi connectivity index (χ4n) is 2.52. The number of carbonyl (C=O) groups excluding carboxylic acids is 1. The molecule has 0 bridgehead atoms. The van der Waals surface area contributed by atoms with E-state index in [1.54, 1.807) is 0 Å². The Morgan fingerprint density at radius 2 is 2.05 bits per heavy atom. The Morgan fingerprint density at radius 3 is 2.47 bits per heavy atom. The summed E-state index contributed by atoms with van der Waals surface area (Å²) in [6.45, 7) is 6.92. The van der Waals surface area contributed by atoms with E-state index < -0.39 is 0 Å². The lowest BCUT2D eigenvalue weighted by Gasteiger charge is -2.28. The van der Waals surface area contributed by atoms with Crippen LogP contribution in [0.2, 0.25) is 0 Å². The van der Waals surface area contributed by atoms with Crippen LogP contribution < -0.4 is 0 Å². The van der Waals surface area contributed by atoms with Crippen LogP contribution >= 0.6 is 0 Å². The fraction of sp³-hybridized carbons (Fsp3) is 0.500. The number of hydrogen-bond acceptors (Lipinski definition) is 2. The first-order valence-electron chi connectivity index (χ1n) is 6.89. The normalized spacial score (nSPS) is 22.4. The Morgan fingerprint density at radius 1 is 1.47 bits per heavy atom. The average molecular weight is 256 g/mol. The predicted molar refractivity (Wildman–Crippen MR) is 74.2 cm³/mol. The van der Waals surface area contributed by atoms with Gasteiger partial charge in [0.2, 0.25) is 5.91 Å². The van der Waals surface area contributed by atoms with Crippen molar-refractivity contribution in [1.82, 2.24) is 4.90 Å². The molecule has 1 aromatic carbocycles. The van der Waals surface area contributed by atoms with Gasteiger partial charge in [-0.05, 0) is 43.9 Å². The predicted octanol–water partition coefficient (Wildman–Crippen LogP) is 3.12. The van der Waals surface area contributed by atoms with Crippen LogP contribution in [0, 0.1) is 23.2 Å². The van der Waals surface area contributed by atoms with Gasteiger partial charge in [-0.1, -0.05) is 19.1 Å². The zero-order chi connectivity index (χ0) is 14.0. The van der Waals surface area contributed by atoms with Crippen LogP contribution in [0.1, 0.15) is 44.4 Å². The van der Waals surface area contributed by atoms with Crippen molar-refractivity contribution in [3.63, 3.8) is 0 Å². The molecule has 1 aliphatic carbocycles. The molecule has 1 saturated carbocycles. The summed E-state index contributed by atoms with van der Waals surface area (Å²) in [6.07, 6.45) is 1.02. The van der Waals surface area contributed by atoms with Crippen molar-refractivity contribution in [2.24, 2.45) is 11.8 Å². The largest absolute Gasteiger partial charge is 0.336 e. The highest BCUT2D eigenvalue weighted by molar-refractivity contribution is 5.82. The summed E-state index contributed by atoms with van der Waals surface area (Å²) < 4.78 is 0. The molecule has 19 heavy (non-hydrogen) atoms. The Balaban J connectivity index is 2.13. The van der Waals surface area contributed by atoms with E-state index >= 15 is 0 Å². The average Bonchev–Trinajstić information content (AvgIpc) is 3.16. The highest BCUT2D eigenvalue weighted by Crippen LogP contribution is 2.40. The zero-order valence-electron chi connectivity index (χ0n) is 11.8. The molecule has 3 nitrogen and oxygen atoms in total. The second kappa shape index (κ2) is 5.44. The van der Waals surface area contributed by atoms with Crippen molar-refractivity contribution in [2.45, 2.75) is 33.2 Å². The van der Waals surface area contributed by atoms with Gasteiger partial charge in [0.1, 0.15) is 0 Å². The van der Waals surface area contributed by atoms with Gasteiger partial charge in [0.25, 0.3) is 0 Å². The van der Waals surface area contributed by atoms with E-state index in [1.807, 2.05) is 36.1 Å². The van der Waals surface area contributed by atoms with Gasteiger partial charge >= 0.3 is 0 Å². The molecule has 1 amide bonds. The summed E-state index contributed by atoms with van der Waals surface area (Å²) in [5, 5.41) is 8.81. The number of amides is 1. The highest BCUT2D eigenvalue weighted by Gasteiger charge is 2.42. The molecule has 100 valence electrons.